The zero-order chi connectivity index (χ0) is 18.1. The summed E-state index contributed by atoms with van der Waals surface area (Å²) in [6.45, 7) is 5.36. The van der Waals surface area contributed by atoms with Crippen molar-refractivity contribution < 1.29 is 14.3 Å². The highest BCUT2D eigenvalue weighted by atomic mass is 16.5. The number of benzene rings is 1. The first-order valence-electron chi connectivity index (χ1n) is 8.00. The first kappa shape index (κ1) is 18.3. The molecule has 0 atom stereocenters. The van der Waals surface area contributed by atoms with Crippen LogP contribution in [0.2, 0.25) is 0 Å². The van der Waals surface area contributed by atoms with Crippen molar-refractivity contribution in [3.05, 3.63) is 42.5 Å². The smallest absolute Gasteiger partial charge is 0.324 e. The number of guanidine groups is 1. The molecule has 1 heterocycles. The van der Waals surface area contributed by atoms with E-state index < -0.39 is 0 Å². The summed E-state index contributed by atoms with van der Waals surface area (Å²) in [5, 5.41) is 8.74. The van der Waals surface area contributed by atoms with E-state index >= 15 is 0 Å². The molecule has 1 saturated heterocycles. The molecule has 0 radical (unpaired) electrons. The summed E-state index contributed by atoms with van der Waals surface area (Å²) in [6.07, 6.45) is 1.69. The Bertz CT molecular complexity index is 643. The lowest BCUT2D eigenvalue weighted by Gasteiger charge is -2.16. The van der Waals surface area contributed by atoms with Crippen molar-refractivity contribution in [2.24, 2.45) is 4.99 Å². The monoisotopic (exact) mass is 345 g/mol. The van der Waals surface area contributed by atoms with E-state index in [-0.39, 0.29) is 25.0 Å². The Morgan fingerprint density at radius 1 is 1.40 bits per heavy atom. The molecule has 134 valence electrons. The topological polar surface area (TPSA) is 95.1 Å². The lowest BCUT2D eigenvalue weighted by atomic mass is 10.2. The quantitative estimate of drug-likeness (QED) is 0.275. The molecule has 0 aliphatic carbocycles. The number of nitrogens with one attached hydrogen (secondary N) is 3. The number of urea groups is 1. The molecule has 8 heteroatoms. The number of ether oxygens (including phenoxy) is 1. The standard InChI is InChI=1S/C17H23N5O3/c1-3-10-25-14-7-5-4-6-13(14)11-20-16(18-2)19-8-9-22-15(23)12-21-17(22)24/h3-7H,1,8-12H2,2H3,(H,21,24)(H2,18,19,20). The lowest BCUT2D eigenvalue weighted by Crippen LogP contribution is -2.43. The summed E-state index contributed by atoms with van der Waals surface area (Å²) in [5.74, 6) is 1.14. The van der Waals surface area contributed by atoms with Gasteiger partial charge in [-0.3, -0.25) is 14.7 Å². The minimum Gasteiger partial charge on any atom is -0.489 e. The second-order valence-corrected chi connectivity index (χ2v) is 5.26. The van der Waals surface area contributed by atoms with Gasteiger partial charge in [-0.1, -0.05) is 30.9 Å². The summed E-state index contributed by atoms with van der Waals surface area (Å²) >= 11 is 0. The maximum absolute atomic E-state index is 11.5. The summed E-state index contributed by atoms with van der Waals surface area (Å²) in [4.78, 5) is 28.3. The molecule has 25 heavy (non-hydrogen) atoms. The second kappa shape index (κ2) is 9.31. The molecule has 2 rings (SSSR count). The van der Waals surface area contributed by atoms with Crippen LogP contribution in [0.25, 0.3) is 0 Å². The number of amides is 3. The van der Waals surface area contributed by atoms with Gasteiger partial charge in [0.25, 0.3) is 0 Å². The average Bonchev–Trinajstić information content (AvgIpc) is 2.95. The van der Waals surface area contributed by atoms with Crippen molar-refractivity contribution >= 4 is 17.9 Å². The Morgan fingerprint density at radius 2 is 2.20 bits per heavy atom. The lowest BCUT2D eigenvalue weighted by molar-refractivity contribution is -0.124. The molecule has 0 saturated carbocycles. The molecule has 0 bridgehead atoms. The van der Waals surface area contributed by atoms with Crippen molar-refractivity contribution in [3.8, 4) is 5.75 Å². The molecule has 1 aliphatic rings. The normalized spacial score (nSPS) is 14.3. The van der Waals surface area contributed by atoms with E-state index in [0.717, 1.165) is 11.3 Å². The molecular weight excluding hydrogens is 322 g/mol. The molecule has 0 aromatic heterocycles. The van der Waals surface area contributed by atoms with Gasteiger partial charge in [0.1, 0.15) is 12.4 Å². The van der Waals surface area contributed by atoms with Crippen molar-refractivity contribution in [1.29, 1.82) is 0 Å². The third-order valence-electron chi connectivity index (χ3n) is 3.56. The highest BCUT2D eigenvalue weighted by Gasteiger charge is 2.27. The molecule has 0 unspecified atom stereocenters. The second-order valence-electron chi connectivity index (χ2n) is 5.26. The highest BCUT2D eigenvalue weighted by molar-refractivity contribution is 6.01. The van der Waals surface area contributed by atoms with Gasteiger partial charge in [-0.2, -0.15) is 0 Å². The fourth-order valence-corrected chi connectivity index (χ4v) is 2.31. The van der Waals surface area contributed by atoms with Crippen molar-refractivity contribution in [2.75, 3.05) is 33.3 Å². The van der Waals surface area contributed by atoms with Gasteiger partial charge >= 0.3 is 6.03 Å². The number of rotatable bonds is 8. The fourth-order valence-electron chi connectivity index (χ4n) is 2.31. The number of hydrogen-bond donors (Lipinski definition) is 3. The van der Waals surface area contributed by atoms with E-state index in [1.165, 1.54) is 4.90 Å². The first-order valence-corrected chi connectivity index (χ1v) is 8.00. The van der Waals surface area contributed by atoms with Gasteiger partial charge in [0.15, 0.2) is 5.96 Å². The van der Waals surface area contributed by atoms with Crippen LogP contribution in [0, 0.1) is 0 Å². The molecule has 1 aliphatic heterocycles. The Hall–Kier alpha value is -3.03. The summed E-state index contributed by atoms with van der Waals surface area (Å²) < 4.78 is 5.62. The Balaban J connectivity index is 1.81. The SMILES string of the molecule is C=CCOc1ccccc1CNC(=NC)NCCN1C(=O)CNC1=O. The number of para-hydroxylation sites is 1. The van der Waals surface area contributed by atoms with E-state index in [9.17, 15) is 9.59 Å². The molecule has 1 aromatic carbocycles. The fraction of sp³-hybridized carbons (Fsp3) is 0.353. The Morgan fingerprint density at radius 3 is 2.88 bits per heavy atom. The Labute approximate surface area is 146 Å². The number of imide groups is 1. The third kappa shape index (κ3) is 5.23. The number of nitrogens with zero attached hydrogens (tertiary/aromatic N) is 2. The minimum atomic E-state index is -0.358. The van der Waals surface area contributed by atoms with Crippen LogP contribution in [0.15, 0.2) is 41.9 Å². The molecule has 8 nitrogen and oxygen atoms in total. The van der Waals surface area contributed by atoms with Crippen molar-refractivity contribution in [1.82, 2.24) is 20.9 Å². The maximum atomic E-state index is 11.5. The molecule has 3 N–H and O–H groups in total. The van der Waals surface area contributed by atoms with Crippen LogP contribution >= 0.6 is 0 Å². The van der Waals surface area contributed by atoms with E-state index in [1.54, 1.807) is 13.1 Å². The maximum Gasteiger partial charge on any atom is 0.324 e. The number of carbonyl (C=O) groups excluding carboxylic acids is 2. The molecular formula is C17H23N5O3. The van der Waals surface area contributed by atoms with Crippen molar-refractivity contribution in [2.45, 2.75) is 6.54 Å². The predicted molar refractivity (Wildman–Crippen MR) is 95.4 cm³/mol. The number of hydrogen-bond acceptors (Lipinski definition) is 4. The van der Waals surface area contributed by atoms with E-state index in [4.69, 9.17) is 4.74 Å². The van der Waals surface area contributed by atoms with Crippen LogP contribution in [0.5, 0.6) is 5.75 Å². The largest absolute Gasteiger partial charge is 0.489 e. The van der Waals surface area contributed by atoms with Gasteiger partial charge in [-0.25, -0.2) is 4.79 Å². The van der Waals surface area contributed by atoms with Crippen LogP contribution in [-0.2, 0) is 11.3 Å². The van der Waals surface area contributed by atoms with Crippen molar-refractivity contribution in [3.63, 3.8) is 0 Å². The van der Waals surface area contributed by atoms with Crippen LogP contribution in [0.1, 0.15) is 5.56 Å². The molecule has 1 fully saturated rings. The van der Waals surface area contributed by atoms with Crippen LogP contribution < -0.4 is 20.7 Å². The first-order chi connectivity index (χ1) is 12.2. The van der Waals surface area contributed by atoms with Gasteiger partial charge < -0.3 is 20.7 Å². The van der Waals surface area contributed by atoms with E-state index in [0.29, 0.717) is 25.7 Å². The predicted octanol–water partition coefficient (Wildman–Crippen LogP) is 0.468. The average molecular weight is 345 g/mol. The van der Waals surface area contributed by atoms with E-state index in [2.05, 4.69) is 27.5 Å². The minimum absolute atomic E-state index is 0.0628. The number of carbonyl (C=O) groups is 2. The van der Waals surface area contributed by atoms with Gasteiger partial charge in [-0.05, 0) is 6.07 Å². The van der Waals surface area contributed by atoms with Crippen LogP contribution in [0.3, 0.4) is 0 Å². The van der Waals surface area contributed by atoms with Gasteiger partial charge in [-0.15, -0.1) is 0 Å². The summed E-state index contributed by atoms with van der Waals surface area (Å²) in [5.41, 5.74) is 0.987. The molecule has 1 aromatic rings. The van der Waals surface area contributed by atoms with E-state index in [1.807, 2.05) is 24.3 Å². The third-order valence-corrected chi connectivity index (χ3v) is 3.56. The highest BCUT2D eigenvalue weighted by Crippen LogP contribution is 2.17. The summed E-state index contributed by atoms with van der Waals surface area (Å²) in [7, 11) is 1.66. The Kier molecular flexibility index (Phi) is 6.82. The van der Waals surface area contributed by atoms with Gasteiger partial charge in [0, 0.05) is 32.2 Å². The summed E-state index contributed by atoms with van der Waals surface area (Å²) in [6, 6.07) is 7.35. The van der Waals surface area contributed by atoms with Crippen LogP contribution in [-0.4, -0.2) is 56.1 Å². The molecule has 3 amide bonds. The van der Waals surface area contributed by atoms with Gasteiger partial charge in [0.2, 0.25) is 5.91 Å². The van der Waals surface area contributed by atoms with Crippen LogP contribution in [0.4, 0.5) is 4.79 Å². The zero-order valence-corrected chi connectivity index (χ0v) is 14.2. The number of aliphatic imine (C=N–C) groups is 1. The zero-order valence-electron chi connectivity index (χ0n) is 14.2. The molecule has 0 spiro atoms. The van der Waals surface area contributed by atoms with Gasteiger partial charge in [0.05, 0.1) is 6.54 Å².